The van der Waals surface area contributed by atoms with E-state index in [9.17, 15) is 24.0 Å². The zero-order valence-electron chi connectivity index (χ0n) is 16.9. The molecular weight excluding hydrogens is 374 g/mol. The molecule has 0 aliphatic carbocycles. The van der Waals surface area contributed by atoms with Gasteiger partial charge in [0.15, 0.2) is 0 Å². The summed E-state index contributed by atoms with van der Waals surface area (Å²) in [6.07, 6.45) is -1.08. The van der Waals surface area contributed by atoms with Crippen LogP contribution in [0.15, 0.2) is 0 Å². The van der Waals surface area contributed by atoms with Gasteiger partial charge in [-0.1, -0.05) is 25.6 Å². The van der Waals surface area contributed by atoms with Gasteiger partial charge in [-0.3, -0.25) is 19.2 Å². The van der Waals surface area contributed by atoms with Gasteiger partial charge < -0.3 is 14.8 Å². The Hall–Kier alpha value is -1.90. The van der Waals surface area contributed by atoms with Gasteiger partial charge in [0.1, 0.15) is 12.5 Å². The molecule has 0 saturated carbocycles. The van der Waals surface area contributed by atoms with Gasteiger partial charge in [0, 0.05) is 10.7 Å². The van der Waals surface area contributed by atoms with Gasteiger partial charge in [-0.15, -0.1) is 0 Å². The summed E-state index contributed by atoms with van der Waals surface area (Å²) in [5.74, 6) is -3.20. The molecule has 8 nitrogen and oxygen atoms in total. The van der Waals surface area contributed by atoms with E-state index in [1.807, 2.05) is 0 Å². The average Bonchev–Trinajstić information content (AvgIpc) is 2.50. The normalized spacial score (nSPS) is 12.5. The molecule has 154 valence electrons. The topological polar surface area (TPSA) is 116 Å². The molecule has 0 aromatic rings. The number of nitrogens with one attached hydrogen (secondary N) is 1. The van der Waals surface area contributed by atoms with Crippen molar-refractivity contribution < 1.29 is 33.4 Å². The Labute approximate surface area is 164 Å². The first-order valence-electron chi connectivity index (χ1n) is 8.74. The zero-order chi connectivity index (χ0) is 21.4. The first-order chi connectivity index (χ1) is 12.3. The monoisotopic (exact) mass is 403 g/mol. The molecule has 0 spiro atoms. The Morgan fingerprint density at radius 3 is 2.04 bits per heavy atom. The molecule has 0 aliphatic heterocycles. The standard InChI is InChI=1S/C18H29NO7S/c1-8-25-16(23)14(19-15(22)10(2)3)18(6,7)27-17(24)12(20)9-13(21)26-11(4)5/h10-11,14H,8-9H2,1-7H3,(H,19,22). The SMILES string of the molecule is CCOC(=O)C(NC(=O)C(C)C)C(C)(C)SC(=O)C(=O)CC(=O)OC(C)C. The highest BCUT2D eigenvalue weighted by Gasteiger charge is 2.41. The Bertz CT molecular complexity index is 584. The highest BCUT2D eigenvalue weighted by molar-refractivity contribution is 8.16. The third kappa shape index (κ3) is 9.03. The van der Waals surface area contributed by atoms with Crippen molar-refractivity contribution >= 4 is 40.5 Å². The van der Waals surface area contributed by atoms with Crippen LogP contribution in [0.5, 0.6) is 0 Å². The van der Waals surface area contributed by atoms with E-state index in [2.05, 4.69) is 5.32 Å². The maximum absolute atomic E-state index is 12.3. The minimum atomic E-state index is -1.18. The van der Waals surface area contributed by atoms with Crippen LogP contribution in [-0.2, 0) is 33.4 Å². The second-order valence-corrected chi connectivity index (χ2v) is 8.61. The van der Waals surface area contributed by atoms with Crippen LogP contribution in [0.2, 0.25) is 0 Å². The first-order valence-corrected chi connectivity index (χ1v) is 9.56. The lowest BCUT2D eigenvalue weighted by Crippen LogP contribution is -2.54. The molecule has 1 amide bonds. The number of hydrogen-bond donors (Lipinski definition) is 1. The Morgan fingerprint density at radius 2 is 1.59 bits per heavy atom. The molecule has 27 heavy (non-hydrogen) atoms. The minimum Gasteiger partial charge on any atom is -0.464 e. The third-order valence-corrected chi connectivity index (χ3v) is 4.46. The van der Waals surface area contributed by atoms with Crippen LogP contribution >= 0.6 is 11.8 Å². The number of hydrogen-bond acceptors (Lipinski definition) is 8. The van der Waals surface area contributed by atoms with E-state index >= 15 is 0 Å². The van der Waals surface area contributed by atoms with E-state index in [1.165, 1.54) is 13.8 Å². The smallest absolute Gasteiger partial charge is 0.330 e. The number of carbonyl (C=O) groups excluding carboxylic acids is 5. The van der Waals surface area contributed by atoms with Crippen LogP contribution in [-0.4, -0.2) is 52.2 Å². The molecule has 0 aromatic heterocycles. The Balaban J connectivity index is 5.22. The van der Waals surface area contributed by atoms with E-state index < -0.39 is 46.2 Å². The second kappa shape index (κ2) is 11.1. The van der Waals surface area contributed by atoms with Crippen LogP contribution in [0, 0.1) is 5.92 Å². The van der Waals surface area contributed by atoms with Crippen LogP contribution in [0.1, 0.15) is 54.9 Å². The van der Waals surface area contributed by atoms with Crippen LogP contribution in [0.25, 0.3) is 0 Å². The Kier molecular flexibility index (Phi) is 10.3. The third-order valence-electron chi connectivity index (χ3n) is 3.28. The predicted molar refractivity (Wildman–Crippen MR) is 101 cm³/mol. The van der Waals surface area contributed by atoms with Gasteiger partial charge in [0.2, 0.25) is 11.7 Å². The molecule has 0 bridgehead atoms. The second-order valence-electron chi connectivity index (χ2n) is 6.98. The van der Waals surface area contributed by atoms with Crippen molar-refractivity contribution in [3.63, 3.8) is 0 Å². The van der Waals surface area contributed by atoms with Gasteiger partial charge in [-0.2, -0.15) is 0 Å². The maximum atomic E-state index is 12.3. The molecule has 0 rings (SSSR count). The summed E-state index contributed by atoms with van der Waals surface area (Å²) in [6.45, 7) is 11.4. The van der Waals surface area contributed by atoms with E-state index in [0.29, 0.717) is 11.8 Å². The number of esters is 2. The van der Waals surface area contributed by atoms with Gasteiger partial charge >= 0.3 is 11.9 Å². The molecule has 0 saturated heterocycles. The van der Waals surface area contributed by atoms with Crippen molar-refractivity contribution in [2.45, 2.75) is 71.8 Å². The fraction of sp³-hybridized carbons (Fsp3) is 0.722. The van der Waals surface area contributed by atoms with Gasteiger partial charge in [0.25, 0.3) is 5.12 Å². The summed E-state index contributed by atoms with van der Waals surface area (Å²) < 4.78 is 8.65. The molecule has 0 aromatic carbocycles. The molecule has 0 fully saturated rings. The summed E-state index contributed by atoms with van der Waals surface area (Å²) in [6, 6.07) is -1.14. The first kappa shape index (κ1) is 25.1. The summed E-state index contributed by atoms with van der Waals surface area (Å²) in [5, 5.41) is 1.67. The van der Waals surface area contributed by atoms with Gasteiger partial charge in [0.05, 0.1) is 12.7 Å². The molecular formula is C18H29NO7S. The quantitative estimate of drug-likeness (QED) is 0.332. The average molecular weight is 403 g/mol. The van der Waals surface area contributed by atoms with Gasteiger partial charge in [-0.05, 0) is 34.6 Å². The highest BCUT2D eigenvalue weighted by atomic mass is 32.2. The fourth-order valence-corrected chi connectivity index (χ4v) is 2.85. The number of thioether (sulfide) groups is 1. The zero-order valence-corrected chi connectivity index (χ0v) is 17.7. The van der Waals surface area contributed by atoms with Crippen molar-refractivity contribution in [2.75, 3.05) is 6.61 Å². The number of Topliss-reactive ketones (excluding diaryl/α,β-unsaturated/α-hetero) is 1. The number of rotatable bonds is 10. The summed E-state index contributed by atoms with van der Waals surface area (Å²) >= 11 is 0.575. The van der Waals surface area contributed by atoms with Crippen molar-refractivity contribution in [2.24, 2.45) is 5.92 Å². The lowest BCUT2D eigenvalue weighted by molar-refractivity contribution is -0.151. The summed E-state index contributed by atoms with van der Waals surface area (Å²) in [4.78, 5) is 60.1. The number of amides is 1. The predicted octanol–water partition coefficient (Wildman–Crippen LogP) is 1.64. The van der Waals surface area contributed by atoms with Gasteiger partial charge in [-0.25, -0.2) is 4.79 Å². The molecule has 0 radical (unpaired) electrons. The van der Waals surface area contributed by atoms with E-state index in [-0.39, 0.29) is 18.4 Å². The number of ketones is 1. The molecule has 1 unspecified atom stereocenters. The van der Waals surface area contributed by atoms with E-state index in [0.717, 1.165) is 0 Å². The Morgan fingerprint density at radius 1 is 1.04 bits per heavy atom. The maximum Gasteiger partial charge on any atom is 0.330 e. The number of carbonyl (C=O) groups is 5. The van der Waals surface area contributed by atoms with Crippen molar-refractivity contribution in [3.05, 3.63) is 0 Å². The van der Waals surface area contributed by atoms with Crippen molar-refractivity contribution in [3.8, 4) is 0 Å². The molecule has 1 N–H and O–H groups in total. The van der Waals surface area contributed by atoms with Crippen LogP contribution in [0.3, 0.4) is 0 Å². The lowest BCUT2D eigenvalue weighted by Gasteiger charge is -2.32. The summed E-state index contributed by atoms with van der Waals surface area (Å²) in [5.41, 5.74) is 0. The van der Waals surface area contributed by atoms with E-state index in [1.54, 1.807) is 34.6 Å². The molecule has 9 heteroatoms. The minimum absolute atomic E-state index is 0.0988. The van der Waals surface area contributed by atoms with E-state index in [4.69, 9.17) is 9.47 Å². The largest absolute Gasteiger partial charge is 0.464 e. The highest BCUT2D eigenvalue weighted by Crippen LogP contribution is 2.30. The lowest BCUT2D eigenvalue weighted by atomic mass is 10.0. The molecule has 0 heterocycles. The van der Waals surface area contributed by atoms with Crippen molar-refractivity contribution in [1.29, 1.82) is 0 Å². The van der Waals surface area contributed by atoms with Crippen LogP contribution < -0.4 is 5.32 Å². The molecule has 1 atom stereocenters. The van der Waals surface area contributed by atoms with Crippen molar-refractivity contribution in [1.82, 2.24) is 5.32 Å². The summed E-state index contributed by atoms with van der Waals surface area (Å²) in [7, 11) is 0. The van der Waals surface area contributed by atoms with Crippen LogP contribution in [0.4, 0.5) is 0 Å². The number of ether oxygens (including phenoxy) is 2. The molecule has 0 aliphatic rings. The fourth-order valence-electron chi connectivity index (χ4n) is 1.91.